The standard InChI is InChI=1S/C12H10ClFO/c1-6-11(13)9-4-8(7-2-3-7)5-10(14)12(9)15-6/h4-5,7H,2-3H2,1H3. The van der Waals surface area contributed by atoms with Gasteiger partial charge < -0.3 is 4.42 Å². The van der Waals surface area contributed by atoms with Crippen molar-refractivity contribution in [2.45, 2.75) is 25.7 Å². The Balaban J connectivity index is 2.32. The molecule has 15 heavy (non-hydrogen) atoms. The summed E-state index contributed by atoms with van der Waals surface area (Å²) in [6, 6.07) is 3.52. The highest BCUT2D eigenvalue weighted by molar-refractivity contribution is 6.36. The number of aryl methyl sites for hydroxylation is 1. The van der Waals surface area contributed by atoms with Gasteiger partial charge in [0.15, 0.2) is 11.4 Å². The summed E-state index contributed by atoms with van der Waals surface area (Å²) < 4.78 is 19.0. The lowest BCUT2D eigenvalue weighted by molar-refractivity contribution is 0.538. The number of hydrogen-bond acceptors (Lipinski definition) is 1. The van der Waals surface area contributed by atoms with Gasteiger partial charge in [-0.1, -0.05) is 11.6 Å². The van der Waals surface area contributed by atoms with E-state index in [1.807, 2.05) is 6.07 Å². The van der Waals surface area contributed by atoms with Crippen LogP contribution < -0.4 is 0 Å². The third kappa shape index (κ3) is 1.36. The first-order valence-corrected chi connectivity index (χ1v) is 5.42. The average molecular weight is 225 g/mol. The van der Waals surface area contributed by atoms with Crippen LogP contribution in [0.5, 0.6) is 0 Å². The van der Waals surface area contributed by atoms with E-state index >= 15 is 0 Å². The summed E-state index contributed by atoms with van der Waals surface area (Å²) in [6.45, 7) is 1.75. The zero-order valence-electron chi connectivity index (χ0n) is 8.31. The van der Waals surface area contributed by atoms with E-state index in [9.17, 15) is 4.39 Å². The van der Waals surface area contributed by atoms with Gasteiger partial charge in [-0.05, 0) is 43.4 Å². The van der Waals surface area contributed by atoms with Crippen molar-refractivity contribution in [1.29, 1.82) is 0 Å². The number of rotatable bonds is 1. The summed E-state index contributed by atoms with van der Waals surface area (Å²) in [5, 5.41) is 1.24. The van der Waals surface area contributed by atoms with Crippen LogP contribution in [0.15, 0.2) is 16.5 Å². The van der Waals surface area contributed by atoms with E-state index in [1.165, 1.54) is 0 Å². The Morgan fingerprint density at radius 2 is 2.13 bits per heavy atom. The Bertz CT molecular complexity index is 540. The van der Waals surface area contributed by atoms with E-state index in [4.69, 9.17) is 16.0 Å². The first-order valence-electron chi connectivity index (χ1n) is 5.05. The summed E-state index contributed by atoms with van der Waals surface area (Å²) >= 11 is 6.05. The molecule has 1 nitrogen and oxygen atoms in total. The van der Waals surface area contributed by atoms with E-state index in [-0.39, 0.29) is 11.4 Å². The molecule has 0 saturated heterocycles. The van der Waals surface area contributed by atoms with Gasteiger partial charge in [-0.3, -0.25) is 0 Å². The highest BCUT2D eigenvalue weighted by Gasteiger charge is 2.26. The molecule has 1 aromatic carbocycles. The zero-order valence-corrected chi connectivity index (χ0v) is 9.07. The number of benzene rings is 1. The van der Waals surface area contributed by atoms with E-state index in [1.54, 1.807) is 13.0 Å². The Kier molecular flexibility index (Phi) is 1.84. The zero-order chi connectivity index (χ0) is 10.6. The molecule has 78 valence electrons. The van der Waals surface area contributed by atoms with Crippen molar-refractivity contribution in [3.8, 4) is 0 Å². The Morgan fingerprint density at radius 1 is 1.40 bits per heavy atom. The fraction of sp³-hybridized carbons (Fsp3) is 0.333. The van der Waals surface area contributed by atoms with Crippen LogP contribution in [0.2, 0.25) is 5.02 Å². The predicted molar refractivity (Wildman–Crippen MR) is 57.9 cm³/mol. The van der Waals surface area contributed by atoms with E-state index < -0.39 is 0 Å². The van der Waals surface area contributed by atoms with Gasteiger partial charge >= 0.3 is 0 Å². The normalized spacial score (nSPS) is 16.2. The van der Waals surface area contributed by atoms with Crippen LogP contribution in [0.1, 0.15) is 30.1 Å². The molecule has 0 spiro atoms. The lowest BCUT2D eigenvalue weighted by Gasteiger charge is -1.98. The lowest BCUT2D eigenvalue weighted by atomic mass is 10.1. The second-order valence-corrected chi connectivity index (χ2v) is 4.50. The second-order valence-electron chi connectivity index (χ2n) is 4.13. The van der Waals surface area contributed by atoms with Gasteiger partial charge in [-0.2, -0.15) is 0 Å². The molecule has 1 aliphatic carbocycles. The van der Waals surface area contributed by atoms with Crippen LogP contribution in [0.25, 0.3) is 11.0 Å². The molecule has 1 saturated carbocycles. The highest BCUT2D eigenvalue weighted by atomic mass is 35.5. The molecule has 0 N–H and O–H groups in total. The molecule has 3 heteroatoms. The van der Waals surface area contributed by atoms with Gasteiger partial charge in [-0.25, -0.2) is 4.39 Å². The van der Waals surface area contributed by atoms with Gasteiger partial charge in [0.1, 0.15) is 5.76 Å². The van der Waals surface area contributed by atoms with Crippen LogP contribution in [0.4, 0.5) is 4.39 Å². The molecule has 1 heterocycles. The quantitative estimate of drug-likeness (QED) is 0.699. The summed E-state index contributed by atoms with van der Waals surface area (Å²) in [5.41, 5.74) is 1.32. The third-order valence-corrected chi connectivity index (χ3v) is 3.39. The van der Waals surface area contributed by atoms with Crippen molar-refractivity contribution < 1.29 is 8.81 Å². The lowest BCUT2D eigenvalue weighted by Crippen LogP contribution is -1.83. The molecule has 2 aromatic rings. The monoisotopic (exact) mass is 224 g/mol. The molecular formula is C12H10ClFO. The molecule has 0 amide bonds. The Hall–Kier alpha value is -1.02. The number of furan rings is 1. The molecule has 0 aliphatic heterocycles. The molecule has 0 bridgehead atoms. The first-order chi connectivity index (χ1) is 7.16. The topological polar surface area (TPSA) is 13.1 Å². The maximum atomic E-state index is 13.7. The molecule has 0 radical (unpaired) electrons. The summed E-state index contributed by atoms with van der Waals surface area (Å²) in [4.78, 5) is 0. The minimum atomic E-state index is -0.301. The van der Waals surface area contributed by atoms with Crippen LogP contribution >= 0.6 is 11.6 Å². The first kappa shape index (κ1) is 9.22. The van der Waals surface area contributed by atoms with Crippen molar-refractivity contribution in [2.24, 2.45) is 0 Å². The summed E-state index contributed by atoms with van der Waals surface area (Å²) in [5.74, 6) is 0.804. The largest absolute Gasteiger partial charge is 0.457 e. The third-order valence-electron chi connectivity index (χ3n) is 2.92. The molecule has 3 rings (SSSR count). The number of hydrogen-bond donors (Lipinski definition) is 0. The summed E-state index contributed by atoms with van der Waals surface area (Å²) in [7, 11) is 0. The Morgan fingerprint density at radius 3 is 2.80 bits per heavy atom. The smallest absolute Gasteiger partial charge is 0.171 e. The second kappa shape index (κ2) is 2.99. The minimum absolute atomic E-state index is 0.280. The Labute approximate surface area is 91.8 Å². The molecule has 1 aromatic heterocycles. The van der Waals surface area contributed by atoms with Crippen molar-refractivity contribution in [3.05, 3.63) is 34.3 Å². The van der Waals surface area contributed by atoms with E-state index in [2.05, 4.69) is 0 Å². The van der Waals surface area contributed by atoms with Gasteiger partial charge in [-0.15, -0.1) is 0 Å². The van der Waals surface area contributed by atoms with Crippen LogP contribution in [-0.2, 0) is 0 Å². The van der Waals surface area contributed by atoms with Gasteiger partial charge in [0.05, 0.1) is 5.02 Å². The molecule has 0 atom stereocenters. The van der Waals surface area contributed by atoms with Crippen molar-refractivity contribution in [1.82, 2.24) is 0 Å². The van der Waals surface area contributed by atoms with Crippen molar-refractivity contribution in [2.75, 3.05) is 0 Å². The average Bonchev–Trinajstić information content (AvgIpc) is 2.99. The van der Waals surface area contributed by atoms with Gasteiger partial charge in [0.25, 0.3) is 0 Å². The molecule has 0 unspecified atom stereocenters. The summed E-state index contributed by atoms with van der Waals surface area (Å²) in [6.07, 6.45) is 2.30. The van der Waals surface area contributed by atoms with Gasteiger partial charge in [0.2, 0.25) is 0 Å². The molecule has 1 aliphatic rings. The van der Waals surface area contributed by atoms with E-state index in [0.29, 0.717) is 22.1 Å². The van der Waals surface area contributed by atoms with E-state index in [0.717, 1.165) is 18.4 Å². The van der Waals surface area contributed by atoms with Crippen LogP contribution in [0, 0.1) is 12.7 Å². The molecular weight excluding hydrogens is 215 g/mol. The molecule has 1 fully saturated rings. The van der Waals surface area contributed by atoms with Crippen molar-refractivity contribution >= 4 is 22.6 Å². The number of halogens is 2. The SMILES string of the molecule is Cc1oc2c(F)cc(C3CC3)cc2c1Cl. The fourth-order valence-corrected chi connectivity index (χ4v) is 2.10. The van der Waals surface area contributed by atoms with Crippen molar-refractivity contribution in [3.63, 3.8) is 0 Å². The number of fused-ring (bicyclic) bond motifs is 1. The maximum absolute atomic E-state index is 13.7. The van der Waals surface area contributed by atoms with Gasteiger partial charge in [0, 0.05) is 5.39 Å². The highest BCUT2D eigenvalue weighted by Crippen LogP contribution is 2.43. The van der Waals surface area contributed by atoms with Crippen LogP contribution in [0.3, 0.4) is 0 Å². The maximum Gasteiger partial charge on any atom is 0.171 e. The minimum Gasteiger partial charge on any atom is -0.457 e. The predicted octanol–water partition coefficient (Wildman–Crippen LogP) is 4.41. The van der Waals surface area contributed by atoms with Crippen LogP contribution in [-0.4, -0.2) is 0 Å². The fourth-order valence-electron chi connectivity index (χ4n) is 1.92.